The summed E-state index contributed by atoms with van der Waals surface area (Å²) in [5, 5.41) is 42.8. The molecule has 0 heterocycles. The highest BCUT2D eigenvalue weighted by molar-refractivity contribution is 6.22. The third-order valence-corrected chi connectivity index (χ3v) is 6.21. The molecule has 3 atom stereocenters. The molecule has 3 aliphatic rings. The van der Waals surface area contributed by atoms with Crippen LogP contribution in [0.5, 0.6) is 5.75 Å². The molecule has 1 fully saturated rings. The van der Waals surface area contributed by atoms with E-state index in [0.717, 1.165) is 0 Å². The van der Waals surface area contributed by atoms with Crippen LogP contribution in [0.15, 0.2) is 29.0 Å². The first-order valence-corrected chi connectivity index (χ1v) is 9.37. The molecule has 0 radical (unpaired) electrons. The van der Waals surface area contributed by atoms with Gasteiger partial charge in [0.1, 0.15) is 22.8 Å². The number of hydrogen-bond donors (Lipinski definition) is 5. The Morgan fingerprint density at radius 3 is 2.53 bits per heavy atom. The van der Waals surface area contributed by atoms with Crippen molar-refractivity contribution in [3.63, 3.8) is 0 Å². The molecule has 8 heteroatoms. The van der Waals surface area contributed by atoms with Gasteiger partial charge in [0, 0.05) is 23.5 Å². The van der Waals surface area contributed by atoms with Gasteiger partial charge in [-0.2, -0.15) is 0 Å². The fourth-order valence-electron chi connectivity index (χ4n) is 4.87. The third kappa shape index (κ3) is 2.42. The number of Topliss-reactive ketones (excluding diaryl/α,β-unsaturated/α-hetero) is 2. The Morgan fingerprint density at radius 2 is 1.90 bits per heavy atom. The fourth-order valence-corrected chi connectivity index (χ4v) is 4.87. The molecule has 30 heavy (non-hydrogen) atoms. The number of phenolic OH excluding ortho intramolecular Hbond substituents is 1. The lowest BCUT2D eigenvalue weighted by Gasteiger charge is -2.46. The topological polar surface area (TPSA) is 158 Å². The van der Waals surface area contributed by atoms with Gasteiger partial charge in [0.05, 0.1) is 5.56 Å². The minimum atomic E-state index is -2.55. The molecule has 0 spiro atoms. The van der Waals surface area contributed by atoms with E-state index in [0.29, 0.717) is 11.1 Å². The second-order valence-corrected chi connectivity index (χ2v) is 7.77. The Labute approximate surface area is 171 Å². The van der Waals surface area contributed by atoms with E-state index in [1.54, 1.807) is 13.0 Å². The van der Waals surface area contributed by atoms with Crippen molar-refractivity contribution < 1.29 is 34.8 Å². The summed E-state index contributed by atoms with van der Waals surface area (Å²) in [7, 11) is 0. The predicted molar refractivity (Wildman–Crippen MR) is 104 cm³/mol. The number of fused-ring (bicyclic) bond motifs is 3. The standard InChI is InChI=1S/C22H19NO7/c1-2-3-9-4-5-13(24)16-12(9)7-10-6-11-8-14(25)17(21(23)29)20(28)22(11,30)19(27)15(10)18(16)26/h4-5,10-11,24,26,28,30H,6-8H2,1H3,(H2,23,29)/t10-,11+,22+/m1/s1. The third-order valence-electron chi connectivity index (χ3n) is 6.21. The van der Waals surface area contributed by atoms with Gasteiger partial charge in [-0.25, -0.2) is 0 Å². The SMILES string of the molecule is CC#Cc1ccc(O)c2c1C[C@H]1C[C@H]3CC(=O)C(C(N)=O)=C(O)[C@@]3(O)C(=O)C1=C2O. The molecule has 0 unspecified atom stereocenters. The van der Waals surface area contributed by atoms with E-state index in [1.165, 1.54) is 6.07 Å². The molecule has 0 saturated heterocycles. The van der Waals surface area contributed by atoms with Crippen LogP contribution in [0.3, 0.4) is 0 Å². The molecular formula is C22H19NO7. The Bertz CT molecular complexity index is 1160. The molecule has 3 aliphatic carbocycles. The van der Waals surface area contributed by atoms with Crippen LogP contribution in [0.1, 0.15) is 36.5 Å². The van der Waals surface area contributed by atoms with Crippen LogP contribution in [0.25, 0.3) is 5.76 Å². The number of hydrogen-bond acceptors (Lipinski definition) is 7. The highest BCUT2D eigenvalue weighted by Gasteiger charge is 2.60. The zero-order valence-corrected chi connectivity index (χ0v) is 16.0. The number of aliphatic hydroxyl groups is 3. The van der Waals surface area contributed by atoms with Gasteiger partial charge in [-0.05, 0) is 43.4 Å². The van der Waals surface area contributed by atoms with E-state index in [1.807, 2.05) is 0 Å². The lowest BCUT2D eigenvalue weighted by atomic mass is 9.59. The monoisotopic (exact) mass is 409 g/mol. The summed E-state index contributed by atoms with van der Waals surface area (Å²) in [6.07, 6.45) is -0.00595. The van der Waals surface area contributed by atoms with E-state index in [2.05, 4.69) is 11.8 Å². The molecule has 0 aliphatic heterocycles. The quantitative estimate of drug-likeness (QED) is 0.339. The first-order valence-electron chi connectivity index (χ1n) is 9.37. The van der Waals surface area contributed by atoms with Gasteiger partial charge in [0.15, 0.2) is 11.4 Å². The first-order chi connectivity index (χ1) is 14.1. The van der Waals surface area contributed by atoms with Crippen LogP contribution in [-0.4, -0.2) is 43.5 Å². The Morgan fingerprint density at radius 1 is 1.20 bits per heavy atom. The minimum Gasteiger partial charge on any atom is -0.508 e. The molecule has 6 N–H and O–H groups in total. The van der Waals surface area contributed by atoms with Gasteiger partial charge in [-0.3, -0.25) is 14.4 Å². The lowest BCUT2D eigenvalue weighted by molar-refractivity contribution is -0.147. The second kappa shape index (κ2) is 6.47. The molecular weight excluding hydrogens is 390 g/mol. The first kappa shape index (κ1) is 19.7. The number of rotatable bonds is 1. The Kier molecular flexibility index (Phi) is 4.26. The Hall–Kier alpha value is -3.57. The van der Waals surface area contributed by atoms with Gasteiger partial charge in [-0.15, -0.1) is 5.92 Å². The number of carbonyl (C=O) groups is 3. The lowest BCUT2D eigenvalue weighted by Crippen LogP contribution is -2.58. The number of phenols is 1. The summed E-state index contributed by atoms with van der Waals surface area (Å²) in [6.45, 7) is 1.65. The number of ketones is 2. The summed E-state index contributed by atoms with van der Waals surface area (Å²) in [6, 6.07) is 2.96. The van der Waals surface area contributed by atoms with Gasteiger partial charge < -0.3 is 26.2 Å². The molecule has 1 aromatic rings. The zero-order chi connectivity index (χ0) is 22.0. The molecule has 4 rings (SSSR count). The van der Waals surface area contributed by atoms with Crippen LogP contribution < -0.4 is 5.73 Å². The van der Waals surface area contributed by atoms with E-state index in [9.17, 15) is 34.8 Å². The molecule has 1 saturated carbocycles. The van der Waals surface area contributed by atoms with E-state index < -0.39 is 52.0 Å². The smallest absolute Gasteiger partial charge is 0.255 e. The summed E-state index contributed by atoms with van der Waals surface area (Å²) in [4.78, 5) is 37.2. The maximum absolute atomic E-state index is 13.3. The molecule has 1 aromatic carbocycles. The summed E-state index contributed by atoms with van der Waals surface area (Å²) >= 11 is 0. The fraction of sp³-hybridized carbons (Fsp3) is 0.318. The van der Waals surface area contributed by atoms with Crippen molar-refractivity contribution in [1.29, 1.82) is 0 Å². The van der Waals surface area contributed by atoms with Crippen molar-refractivity contribution in [2.45, 2.75) is 31.8 Å². The maximum Gasteiger partial charge on any atom is 0.255 e. The highest BCUT2D eigenvalue weighted by Crippen LogP contribution is 2.52. The largest absolute Gasteiger partial charge is 0.508 e. The van der Waals surface area contributed by atoms with E-state index in [-0.39, 0.29) is 36.1 Å². The summed E-state index contributed by atoms with van der Waals surface area (Å²) < 4.78 is 0. The number of nitrogens with two attached hydrogens (primary N) is 1. The highest BCUT2D eigenvalue weighted by atomic mass is 16.3. The second-order valence-electron chi connectivity index (χ2n) is 7.77. The number of amides is 1. The summed E-state index contributed by atoms with van der Waals surface area (Å²) in [5.41, 5.74) is 2.83. The van der Waals surface area contributed by atoms with Crippen molar-refractivity contribution in [1.82, 2.24) is 0 Å². The number of primary amides is 1. The van der Waals surface area contributed by atoms with Gasteiger partial charge >= 0.3 is 0 Å². The van der Waals surface area contributed by atoms with Crippen molar-refractivity contribution in [3.05, 3.63) is 45.7 Å². The van der Waals surface area contributed by atoms with Gasteiger partial charge in [-0.1, -0.05) is 5.92 Å². The molecule has 0 bridgehead atoms. The van der Waals surface area contributed by atoms with Crippen LogP contribution in [0, 0.1) is 23.7 Å². The van der Waals surface area contributed by atoms with Crippen molar-refractivity contribution in [2.75, 3.05) is 0 Å². The van der Waals surface area contributed by atoms with Crippen molar-refractivity contribution in [3.8, 4) is 17.6 Å². The number of carbonyl (C=O) groups excluding carboxylic acids is 3. The van der Waals surface area contributed by atoms with Crippen LogP contribution in [0.2, 0.25) is 0 Å². The van der Waals surface area contributed by atoms with Crippen LogP contribution in [0.4, 0.5) is 0 Å². The average Bonchev–Trinajstić information content (AvgIpc) is 2.66. The number of aliphatic hydroxyl groups excluding tert-OH is 2. The van der Waals surface area contributed by atoms with Gasteiger partial charge in [0.2, 0.25) is 5.78 Å². The van der Waals surface area contributed by atoms with Crippen molar-refractivity contribution >= 4 is 23.2 Å². The average molecular weight is 409 g/mol. The van der Waals surface area contributed by atoms with E-state index >= 15 is 0 Å². The van der Waals surface area contributed by atoms with Gasteiger partial charge in [0.25, 0.3) is 5.91 Å². The molecule has 8 nitrogen and oxygen atoms in total. The van der Waals surface area contributed by atoms with Crippen molar-refractivity contribution in [2.24, 2.45) is 17.6 Å². The van der Waals surface area contributed by atoms with E-state index in [4.69, 9.17) is 5.73 Å². The predicted octanol–water partition coefficient (Wildman–Crippen LogP) is 0.795. The molecule has 1 amide bonds. The Balaban J connectivity index is 1.95. The number of aromatic hydroxyl groups is 1. The molecule has 0 aromatic heterocycles. The zero-order valence-electron chi connectivity index (χ0n) is 16.0. The molecule has 154 valence electrons. The summed E-state index contributed by atoms with van der Waals surface area (Å²) in [5.74, 6) is -0.734. The maximum atomic E-state index is 13.3. The normalized spacial score (nSPS) is 27.7. The number of benzene rings is 1. The van der Waals surface area contributed by atoms with Crippen LogP contribution >= 0.6 is 0 Å². The van der Waals surface area contributed by atoms with Crippen LogP contribution in [-0.2, 0) is 20.8 Å². The minimum absolute atomic E-state index is 0.0439.